The third-order valence-electron chi connectivity index (χ3n) is 1.84. The average molecular weight is 209 g/mol. The molecule has 72 valence electrons. The molecular weight excluding hydrogens is 202 g/mol. The van der Waals surface area contributed by atoms with Crippen molar-refractivity contribution in [3.63, 3.8) is 0 Å². The van der Waals surface area contributed by atoms with E-state index in [1.165, 1.54) is 0 Å². The molecule has 0 amide bonds. The third-order valence-corrected chi connectivity index (χ3v) is 2.64. The van der Waals surface area contributed by atoms with E-state index in [-0.39, 0.29) is 17.3 Å². The Kier molecular flexibility index (Phi) is 2.18. The fraction of sp³-hybridized carbons (Fsp3) is 0.111. The zero-order valence-electron chi connectivity index (χ0n) is 7.15. The minimum Gasteiger partial charge on any atom is -0.414 e. The molecule has 1 heterocycles. The molecule has 2 aromatic rings. The molecule has 0 aliphatic heterocycles. The predicted molar refractivity (Wildman–Crippen MR) is 53.7 cm³/mol. The number of ketones is 1. The van der Waals surface area contributed by atoms with E-state index in [4.69, 9.17) is 10.2 Å². The molecule has 1 aromatic carbocycles. The highest BCUT2D eigenvalue weighted by atomic mass is 32.1. The molecule has 0 spiro atoms. The maximum Gasteiger partial charge on any atom is 0.396 e. The van der Waals surface area contributed by atoms with Crippen LogP contribution < -0.4 is 10.7 Å². The Labute approximate surface area is 83.0 Å². The molecule has 0 bridgehead atoms. The highest BCUT2D eigenvalue weighted by molar-refractivity contribution is 7.16. The van der Waals surface area contributed by atoms with Crippen molar-refractivity contribution in [3.05, 3.63) is 33.5 Å². The van der Waals surface area contributed by atoms with E-state index in [0.717, 1.165) is 16.0 Å². The van der Waals surface area contributed by atoms with Crippen LogP contribution in [0.3, 0.4) is 0 Å². The highest BCUT2D eigenvalue weighted by Gasteiger charge is 2.07. The smallest absolute Gasteiger partial charge is 0.396 e. The monoisotopic (exact) mass is 209 g/mol. The lowest BCUT2D eigenvalue weighted by Crippen LogP contribution is -2.13. The average Bonchev–Trinajstić information content (AvgIpc) is 2.55. The first kappa shape index (κ1) is 9.11. The first-order valence-electron chi connectivity index (χ1n) is 3.97. The van der Waals surface area contributed by atoms with E-state index < -0.39 is 0 Å². The maximum absolute atomic E-state index is 11.2. The van der Waals surface area contributed by atoms with Crippen molar-refractivity contribution >= 4 is 27.4 Å². The van der Waals surface area contributed by atoms with Crippen molar-refractivity contribution in [2.24, 2.45) is 5.73 Å². The number of carbonyl (C=O) groups is 1. The summed E-state index contributed by atoms with van der Waals surface area (Å²) in [7, 11) is 0. The molecule has 1 aromatic heterocycles. The van der Waals surface area contributed by atoms with Crippen molar-refractivity contribution in [1.29, 1.82) is 0 Å². The van der Waals surface area contributed by atoms with Gasteiger partial charge in [-0.15, -0.1) is 0 Å². The van der Waals surface area contributed by atoms with E-state index in [1.54, 1.807) is 18.2 Å². The van der Waals surface area contributed by atoms with Crippen molar-refractivity contribution in [1.82, 2.24) is 0 Å². The van der Waals surface area contributed by atoms with Crippen molar-refractivity contribution in [2.45, 2.75) is 0 Å². The van der Waals surface area contributed by atoms with E-state index >= 15 is 0 Å². The fourth-order valence-electron chi connectivity index (χ4n) is 1.16. The van der Waals surface area contributed by atoms with Crippen LogP contribution in [0.2, 0.25) is 0 Å². The van der Waals surface area contributed by atoms with Gasteiger partial charge in [0.2, 0.25) is 0 Å². The minimum absolute atomic E-state index is 0.0418. The lowest BCUT2D eigenvalue weighted by molar-refractivity contribution is 0.100. The molecule has 5 heteroatoms. The number of fused-ring (bicyclic) bond motifs is 1. The van der Waals surface area contributed by atoms with Crippen LogP contribution in [0, 0.1) is 0 Å². The van der Waals surface area contributed by atoms with Gasteiger partial charge in [-0.25, -0.2) is 4.79 Å². The number of hydrogen-bond donors (Lipinski definition) is 1. The van der Waals surface area contributed by atoms with Crippen LogP contribution in [-0.2, 0) is 0 Å². The Balaban J connectivity index is 2.61. The van der Waals surface area contributed by atoms with Crippen molar-refractivity contribution in [2.75, 3.05) is 6.54 Å². The topological polar surface area (TPSA) is 73.3 Å². The first-order valence-corrected chi connectivity index (χ1v) is 4.79. The number of rotatable bonds is 2. The number of Topliss-reactive ketones (excluding diaryl/α,β-unsaturated/α-hetero) is 1. The molecule has 0 aliphatic carbocycles. The summed E-state index contributed by atoms with van der Waals surface area (Å²) in [6.45, 7) is -0.0418. The summed E-state index contributed by atoms with van der Waals surface area (Å²) in [5.41, 5.74) is 6.13. The standard InChI is InChI=1S/C9H7NO3S/c10-4-6(11)5-1-2-8-7(3-5)13-9(12)14-8/h1-3H,4,10H2. The zero-order valence-corrected chi connectivity index (χ0v) is 7.97. The normalized spacial score (nSPS) is 10.6. The lowest BCUT2D eigenvalue weighted by Gasteiger charge is -1.95. The van der Waals surface area contributed by atoms with E-state index in [1.807, 2.05) is 0 Å². The van der Waals surface area contributed by atoms with Gasteiger partial charge >= 0.3 is 4.94 Å². The van der Waals surface area contributed by atoms with Gasteiger partial charge in [-0.2, -0.15) is 0 Å². The van der Waals surface area contributed by atoms with Crippen LogP contribution in [0.4, 0.5) is 0 Å². The molecule has 0 aliphatic rings. The van der Waals surface area contributed by atoms with E-state index in [9.17, 15) is 9.59 Å². The van der Waals surface area contributed by atoms with Gasteiger partial charge in [0, 0.05) is 5.56 Å². The second kappa shape index (κ2) is 3.36. The Bertz CT molecular complexity index is 540. The van der Waals surface area contributed by atoms with Gasteiger partial charge in [-0.3, -0.25) is 4.79 Å². The molecule has 2 rings (SSSR count). The summed E-state index contributed by atoms with van der Waals surface area (Å²) in [6.07, 6.45) is 0. The molecule has 0 atom stereocenters. The molecule has 0 radical (unpaired) electrons. The third kappa shape index (κ3) is 1.47. The largest absolute Gasteiger partial charge is 0.414 e. The summed E-state index contributed by atoms with van der Waals surface area (Å²) >= 11 is 1.02. The van der Waals surface area contributed by atoms with E-state index in [2.05, 4.69) is 0 Å². The molecule has 0 saturated carbocycles. The van der Waals surface area contributed by atoms with Gasteiger partial charge in [-0.05, 0) is 18.2 Å². The zero-order chi connectivity index (χ0) is 10.1. The fourth-order valence-corrected chi connectivity index (χ4v) is 1.81. The Hall–Kier alpha value is -1.46. The SMILES string of the molecule is NCC(=O)c1ccc2sc(=O)oc2c1. The number of nitrogens with two attached hydrogens (primary N) is 1. The predicted octanol–water partition coefficient (Wildman–Crippen LogP) is 0.996. The second-order valence-corrected chi connectivity index (χ2v) is 3.72. The molecular formula is C9H7NO3S. The Morgan fingerprint density at radius 1 is 1.50 bits per heavy atom. The second-order valence-electron chi connectivity index (χ2n) is 2.74. The van der Waals surface area contributed by atoms with Crippen LogP contribution >= 0.6 is 11.3 Å². The van der Waals surface area contributed by atoms with Gasteiger partial charge in [0.05, 0.1) is 11.2 Å². The van der Waals surface area contributed by atoms with E-state index in [0.29, 0.717) is 11.1 Å². The highest BCUT2D eigenvalue weighted by Crippen LogP contribution is 2.18. The molecule has 2 N–H and O–H groups in total. The van der Waals surface area contributed by atoms with Crippen LogP contribution in [-0.4, -0.2) is 12.3 Å². The van der Waals surface area contributed by atoms with Crippen molar-refractivity contribution in [3.8, 4) is 0 Å². The summed E-state index contributed by atoms with van der Waals surface area (Å²) < 4.78 is 5.61. The molecule has 0 saturated heterocycles. The summed E-state index contributed by atoms with van der Waals surface area (Å²) in [5.74, 6) is -0.166. The van der Waals surface area contributed by atoms with Crippen LogP contribution in [0.5, 0.6) is 0 Å². The molecule has 0 unspecified atom stereocenters. The first-order chi connectivity index (χ1) is 6.70. The molecule has 0 fully saturated rings. The van der Waals surface area contributed by atoms with Gasteiger partial charge < -0.3 is 10.2 Å². The van der Waals surface area contributed by atoms with Crippen LogP contribution in [0.15, 0.2) is 27.4 Å². The quantitative estimate of drug-likeness (QED) is 0.749. The summed E-state index contributed by atoms with van der Waals surface area (Å²) in [5, 5.41) is 0. The Morgan fingerprint density at radius 3 is 3.00 bits per heavy atom. The number of carbonyl (C=O) groups excluding carboxylic acids is 1. The van der Waals surface area contributed by atoms with Crippen LogP contribution in [0.1, 0.15) is 10.4 Å². The van der Waals surface area contributed by atoms with Crippen molar-refractivity contribution < 1.29 is 9.21 Å². The van der Waals surface area contributed by atoms with Gasteiger partial charge in [-0.1, -0.05) is 11.3 Å². The van der Waals surface area contributed by atoms with Crippen LogP contribution in [0.25, 0.3) is 10.3 Å². The molecule has 4 nitrogen and oxygen atoms in total. The number of benzene rings is 1. The van der Waals surface area contributed by atoms with Gasteiger partial charge in [0.25, 0.3) is 0 Å². The maximum atomic E-state index is 11.2. The minimum atomic E-state index is -0.364. The molecule has 14 heavy (non-hydrogen) atoms. The number of hydrogen-bond acceptors (Lipinski definition) is 5. The van der Waals surface area contributed by atoms with Gasteiger partial charge in [0.15, 0.2) is 5.78 Å². The van der Waals surface area contributed by atoms with Gasteiger partial charge in [0.1, 0.15) is 5.58 Å². The Morgan fingerprint density at radius 2 is 2.29 bits per heavy atom. The summed E-state index contributed by atoms with van der Waals surface area (Å²) in [4.78, 5) is 21.7. The summed E-state index contributed by atoms with van der Waals surface area (Å²) in [6, 6.07) is 4.87. The lowest BCUT2D eigenvalue weighted by atomic mass is 10.1.